The molecule has 0 heterocycles. The molecule has 0 aliphatic heterocycles. The smallest absolute Gasteiger partial charge is 0.0413 e. The van der Waals surface area contributed by atoms with Crippen LogP contribution in [0.15, 0.2) is 22.7 Å². The van der Waals surface area contributed by atoms with Crippen LogP contribution in [0.5, 0.6) is 0 Å². The maximum atomic E-state index is 6.19. The maximum Gasteiger partial charge on any atom is 0.0413 e. The number of benzene rings is 1. The van der Waals surface area contributed by atoms with Gasteiger partial charge in [-0.1, -0.05) is 49.2 Å². The molecule has 0 saturated heterocycles. The summed E-state index contributed by atoms with van der Waals surface area (Å²) < 4.78 is 1.15. The van der Waals surface area contributed by atoms with E-state index in [1.54, 1.807) is 0 Å². The number of halogens is 1. The SMILES string of the molecule is CCCCN(c1cc(Br)ccc1CC(N)CC)C(C)CC. The zero-order chi connectivity index (χ0) is 15.8. The molecular formula is C18H31BrN2. The molecule has 2 N–H and O–H groups in total. The standard InChI is InChI=1S/C18H31BrN2/c1-5-8-11-21(14(4)6-2)18-13-16(19)10-9-15(18)12-17(20)7-3/h9-10,13-14,17H,5-8,11-12,20H2,1-4H3. The van der Waals surface area contributed by atoms with Gasteiger partial charge in [0.05, 0.1) is 0 Å². The molecule has 0 amide bonds. The van der Waals surface area contributed by atoms with Crippen LogP contribution in [0.25, 0.3) is 0 Å². The lowest BCUT2D eigenvalue weighted by Gasteiger charge is -2.33. The van der Waals surface area contributed by atoms with Gasteiger partial charge in [0.1, 0.15) is 0 Å². The molecule has 2 nitrogen and oxygen atoms in total. The first-order valence-electron chi connectivity index (χ1n) is 8.34. The summed E-state index contributed by atoms with van der Waals surface area (Å²) in [5.74, 6) is 0. The van der Waals surface area contributed by atoms with Gasteiger partial charge in [-0.25, -0.2) is 0 Å². The number of nitrogens with two attached hydrogens (primary N) is 1. The molecule has 1 aromatic rings. The minimum Gasteiger partial charge on any atom is -0.369 e. The van der Waals surface area contributed by atoms with Gasteiger partial charge in [-0.05, 0) is 50.3 Å². The van der Waals surface area contributed by atoms with E-state index in [2.05, 4.69) is 66.7 Å². The van der Waals surface area contributed by atoms with Crippen LogP contribution in [0, 0.1) is 0 Å². The molecule has 0 radical (unpaired) electrons. The van der Waals surface area contributed by atoms with Gasteiger partial charge in [0.25, 0.3) is 0 Å². The molecule has 3 heteroatoms. The Bertz CT molecular complexity index is 420. The van der Waals surface area contributed by atoms with Crippen LogP contribution in [0.2, 0.25) is 0 Å². The van der Waals surface area contributed by atoms with E-state index in [9.17, 15) is 0 Å². The predicted molar refractivity (Wildman–Crippen MR) is 98.1 cm³/mol. The van der Waals surface area contributed by atoms with Crippen LogP contribution < -0.4 is 10.6 Å². The van der Waals surface area contributed by atoms with Crippen molar-refractivity contribution in [2.75, 3.05) is 11.4 Å². The van der Waals surface area contributed by atoms with Crippen LogP contribution in [0.1, 0.15) is 58.9 Å². The normalized spacial score (nSPS) is 14.0. The summed E-state index contributed by atoms with van der Waals surface area (Å²) in [6, 6.07) is 7.43. The van der Waals surface area contributed by atoms with Crippen LogP contribution in [0.4, 0.5) is 5.69 Å². The minimum atomic E-state index is 0.245. The van der Waals surface area contributed by atoms with Crippen LogP contribution >= 0.6 is 15.9 Å². The average molecular weight is 355 g/mol. The molecule has 0 fully saturated rings. The van der Waals surface area contributed by atoms with Crippen molar-refractivity contribution in [2.45, 2.75) is 71.9 Å². The second-order valence-electron chi connectivity index (χ2n) is 5.95. The van der Waals surface area contributed by atoms with Crippen molar-refractivity contribution < 1.29 is 0 Å². The van der Waals surface area contributed by atoms with Gasteiger partial charge in [0.15, 0.2) is 0 Å². The van der Waals surface area contributed by atoms with E-state index in [4.69, 9.17) is 5.73 Å². The Labute approximate surface area is 139 Å². The number of hydrogen-bond donors (Lipinski definition) is 1. The van der Waals surface area contributed by atoms with Crippen LogP contribution in [0.3, 0.4) is 0 Å². The lowest BCUT2D eigenvalue weighted by molar-refractivity contribution is 0.588. The summed E-state index contributed by atoms with van der Waals surface area (Å²) in [5, 5.41) is 0. The van der Waals surface area contributed by atoms with Gasteiger partial charge in [0, 0.05) is 28.8 Å². The van der Waals surface area contributed by atoms with Crippen molar-refractivity contribution in [2.24, 2.45) is 5.73 Å². The Morgan fingerprint density at radius 3 is 2.48 bits per heavy atom. The van der Waals surface area contributed by atoms with E-state index in [1.807, 2.05) is 0 Å². The first-order chi connectivity index (χ1) is 10.0. The van der Waals surface area contributed by atoms with E-state index in [-0.39, 0.29) is 6.04 Å². The molecule has 2 unspecified atom stereocenters. The summed E-state index contributed by atoms with van der Waals surface area (Å²) in [7, 11) is 0. The number of anilines is 1. The van der Waals surface area contributed by atoms with E-state index >= 15 is 0 Å². The molecule has 0 bridgehead atoms. The first-order valence-corrected chi connectivity index (χ1v) is 9.13. The van der Waals surface area contributed by atoms with Crippen molar-refractivity contribution in [1.29, 1.82) is 0 Å². The minimum absolute atomic E-state index is 0.245. The second-order valence-corrected chi connectivity index (χ2v) is 6.87. The summed E-state index contributed by atoms with van der Waals surface area (Å²) >= 11 is 3.63. The van der Waals surface area contributed by atoms with Gasteiger partial charge in [0.2, 0.25) is 0 Å². The van der Waals surface area contributed by atoms with Crippen LogP contribution in [-0.2, 0) is 6.42 Å². The summed E-state index contributed by atoms with van der Waals surface area (Å²) in [5.41, 5.74) is 8.93. The third kappa shape index (κ3) is 5.63. The third-order valence-corrected chi connectivity index (χ3v) is 4.73. The predicted octanol–water partition coefficient (Wildman–Crippen LogP) is 5.13. The Hall–Kier alpha value is -0.540. The maximum absolute atomic E-state index is 6.19. The molecule has 0 aromatic heterocycles. The van der Waals surface area contributed by atoms with Gasteiger partial charge < -0.3 is 10.6 Å². The van der Waals surface area contributed by atoms with E-state index in [0.29, 0.717) is 6.04 Å². The molecule has 0 aliphatic rings. The number of unbranched alkanes of at least 4 members (excludes halogenated alkanes) is 1. The van der Waals surface area contributed by atoms with Gasteiger partial charge in [-0.15, -0.1) is 0 Å². The largest absolute Gasteiger partial charge is 0.369 e. The molecule has 21 heavy (non-hydrogen) atoms. The highest BCUT2D eigenvalue weighted by Crippen LogP contribution is 2.29. The van der Waals surface area contributed by atoms with E-state index < -0.39 is 0 Å². The summed E-state index contributed by atoms with van der Waals surface area (Å²) in [6.07, 6.45) is 5.60. The molecule has 120 valence electrons. The molecule has 1 rings (SSSR count). The summed E-state index contributed by atoms with van der Waals surface area (Å²) in [4.78, 5) is 2.56. The molecule has 0 aliphatic carbocycles. The number of hydrogen-bond acceptors (Lipinski definition) is 2. The number of rotatable bonds is 9. The van der Waals surface area contributed by atoms with Crippen molar-refractivity contribution >= 4 is 21.6 Å². The quantitative estimate of drug-likeness (QED) is 0.665. The molecule has 0 saturated carbocycles. The second kappa shape index (κ2) is 9.47. The highest BCUT2D eigenvalue weighted by Gasteiger charge is 2.17. The first kappa shape index (κ1) is 18.5. The van der Waals surface area contributed by atoms with Gasteiger partial charge >= 0.3 is 0 Å². The molecule has 1 aromatic carbocycles. The Kier molecular flexibility index (Phi) is 8.35. The zero-order valence-electron chi connectivity index (χ0n) is 14.0. The Morgan fingerprint density at radius 2 is 1.90 bits per heavy atom. The molecule has 2 atom stereocenters. The van der Waals surface area contributed by atoms with Crippen molar-refractivity contribution in [3.63, 3.8) is 0 Å². The van der Waals surface area contributed by atoms with Gasteiger partial charge in [-0.2, -0.15) is 0 Å². The van der Waals surface area contributed by atoms with Crippen LogP contribution in [-0.4, -0.2) is 18.6 Å². The van der Waals surface area contributed by atoms with E-state index in [0.717, 1.165) is 30.3 Å². The van der Waals surface area contributed by atoms with E-state index in [1.165, 1.54) is 24.1 Å². The average Bonchev–Trinajstić information content (AvgIpc) is 2.49. The molecular weight excluding hydrogens is 324 g/mol. The highest BCUT2D eigenvalue weighted by molar-refractivity contribution is 9.10. The highest BCUT2D eigenvalue weighted by atomic mass is 79.9. The van der Waals surface area contributed by atoms with Crippen molar-refractivity contribution in [3.8, 4) is 0 Å². The Morgan fingerprint density at radius 1 is 1.19 bits per heavy atom. The Balaban J connectivity index is 3.11. The number of nitrogens with zero attached hydrogens (tertiary/aromatic N) is 1. The monoisotopic (exact) mass is 354 g/mol. The zero-order valence-corrected chi connectivity index (χ0v) is 15.6. The fourth-order valence-electron chi connectivity index (χ4n) is 2.53. The van der Waals surface area contributed by atoms with Gasteiger partial charge in [-0.3, -0.25) is 0 Å². The third-order valence-electron chi connectivity index (χ3n) is 4.24. The topological polar surface area (TPSA) is 29.3 Å². The summed E-state index contributed by atoms with van der Waals surface area (Å²) in [6.45, 7) is 10.1. The fourth-order valence-corrected chi connectivity index (χ4v) is 2.88. The fraction of sp³-hybridized carbons (Fsp3) is 0.667. The van der Waals surface area contributed by atoms with Crippen molar-refractivity contribution in [3.05, 3.63) is 28.2 Å². The lowest BCUT2D eigenvalue weighted by atomic mass is 10.0. The lowest BCUT2D eigenvalue weighted by Crippen LogP contribution is -2.35. The molecule has 0 spiro atoms. The van der Waals surface area contributed by atoms with Crippen molar-refractivity contribution in [1.82, 2.24) is 0 Å².